The number of aromatic nitrogens is 4. The quantitative estimate of drug-likeness (QED) is 0.174. The molecule has 10 aromatic rings. The summed E-state index contributed by atoms with van der Waals surface area (Å²) in [6.07, 6.45) is 0. The van der Waals surface area contributed by atoms with Gasteiger partial charge in [-0.1, -0.05) is 158 Å². The van der Waals surface area contributed by atoms with Crippen LogP contribution in [0.2, 0.25) is 0 Å². The Morgan fingerprint density at radius 1 is 0.321 bits per heavy atom. The molecule has 0 saturated carbocycles. The van der Waals surface area contributed by atoms with Crippen LogP contribution in [0.15, 0.2) is 182 Å². The van der Waals surface area contributed by atoms with Gasteiger partial charge in [-0.05, 0) is 46.5 Å². The Balaban J connectivity index is 1.14. The summed E-state index contributed by atoms with van der Waals surface area (Å²) >= 11 is 1.81. The van der Waals surface area contributed by atoms with E-state index in [1.165, 1.54) is 31.3 Å². The normalized spacial score (nSPS) is 11.4. The molecule has 7 aromatic carbocycles. The van der Waals surface area contributed by atoms with Gasteiger partial charge in [0.25, 0.3) is 0 Å². The number of hydrogen-bond donors (Lipinski definition) is 0. The van der Waals surface area contributed by atoms with Crippen molar-refractivity contribution in [3.8, 4) is 67.7 Å². The Morgan fingerprint density at radius 3 is 1.32 bits per heavy atom. The van der Waals surface area contributed by atoms with Crippen LogP contribution in [0.3, 0.4) is 0 Å². The molecule has 5 heteroatoms. The fourth-order valence-corrected chi connectivity index (χ4v) is 8.28. The van der Waals surface area contributed by atoms with Crippen LogP contribution in [0, 0.1) is 0 Å². The van der Waals surface area contributed by atoms with E-state index in [1.807, 2.05) is 29.5 Å². The number of rotatable bonds is 6. The lowest BCUT2D eigenvalue weighted by atomic mass is 10.0. The molecule has 0 saturated heterocycles. The molecule has 0 spiro atoms. The molecule has 0 unspecified atom stereocenters. The molecule has 10 rings (SSSR count). The Labute approximate surface area is 310 Å². The minimum absolute atomic E-state index is 0.618. The largest absolute Gasteiger partial charge is 0.247 e. The zero-order valence-electron chi connectivity index (χ0n) is 28.5. The molecule has 3 heterocycles. The Kier molecular flexibility index (Phi) is 7.63. The van der Waals surface area contributed by atoms with Gasteiger partial charge < -0.3 is 0 Å². The second kappa shape index (κ2) is 13.1. The first-order chi connectivity index (χ1) is 26.2. The minimum Gasteiger partial charge on any atom is -0.247 e. The third kappa shape index (κ3) is 5.74. The van der Waals surface area contributed by atoms with Crippen molar-refractivity contribution < 1.29 is 0 Å². The molecule has 3 aromatic heterocycles. The lowest BCUT2D eigenvalue weighted by Gasteiger charge is -2.11. The number of benzene rings is 7. The van der Waals surface area contributed by atoms with Crippen molar-refractivity contribution in [2.24, 2.45) is 0 Å². The van der Waals surface area contributed by atoms with E-state index in [0.717, 1.165) is 50.0 Å². The third-order valence-corrected chi connectivity index (χ3v) is 11.0. The van der Waals surface area contributed by atoms with Gasteiger partial charge in [0.1, 0.15) is 0 Å². The monoisotopic (exact) mass is 694 g/mol. The van der Waals surface area contributed by atoms with Gasteiger partial charge in [0.05, 0.1) is 11.2 Å². The molecule has 4 nitrogen and oxygen atoms in total. The van der Waals surface area contributed by atoms with Gasteiger partial charge in [0, 0.05) is 47.8 Å². The molecule has 248 valence electrons. The van der Waals surface area contributed by atoms with E-state index in [9.17, 15) is 0 Å². The second-order valence-corrected chi connectivity index (χ2v) is 14.1. The van der Waals surface area contributed by atoms with Crippen LogP contribution in [0.1, 0.15) is 0 Å². The summed E-state index contributed by atoms with van der Waals surface area (Å²) in [5, 5.41) is 3.48. The smallest absolute Gasteiger partial charge is 0.164 e. The van der Waals surface area contributed by atoms with Gasteiger partial charge in [-0.3, -0.25) is 0 Å². The molecule has 0 bridgehead atoms. The van der Waals surface area contributed by atoms with E-state index < -0.39 is 0 Å². The van der Waals surface area contributed by atoms with E-state index in [-0.39, 0.29) is 0 Å². The van der Waals surface area contributed by atoms with Gasteiger partial charge in [0.2, 0.25) is 0 Å². The second-order valence-electron chi connectivity index (χ2n) is 13.1. The predicted molar refractivity (Wildman–Crippen MR) is 221 cm³/mol. The first-order valence-electron chi connectivity index (χ1n) is 17.6. The van der Waals surface area contributed by atoms with Crippen LogP contribution < -0.4 is 0 Å². The predicted octanol–water partition coefficient (Wildman–Crippen LogP) is 12.8. The summed E-state index contributed by atoms with van der Waals surface area (Å²) in [4.78, 5) is 20.6. The minimum atomic E-state index is 0.618. The fraction of sp³-hybridized carbons (Fsp3) is 0. The first kappa shape index (κ1) is 31.0. The maximum Gasteiger partial charge on any atom is 0.164 e. The maximum absolute atomic E-state index is 5.28. The van der Waals surface area contributed by atoms with Gasteiger partial charge in [-0.25, -0.2) is 19.9 Å². The van der Waals surface area contributed by atoms with Gasteiger partial charge in [-0.15, -0.1) is 11.3 Å². The highest BCUT2D eigenvalue weighted by Crippen LogP contribution is 2.43. The summed E-state index contributed by atoms with van der Waals surface area (Å²) in [7, 11) is 0. The number of thiophene rings is 1. The third-order valence-electron chi connectivity index (χ3n) is 9.75. The van der Waals surface area contributed by atoms with Crippen LogP contribution in [-0.4, -0.2) is 19.9 Å². The average Bonchev–Trinajstić information content (AvgIpc) is 3.64. The number of pyridine rings is 1. The highest BCUT2D eigenvalue weighted by molar-refractivity contribution is 7.26. The Morgan fingerprint density at radius 2 is 0.755 bits per heavy atom. The summed E-state index contributed by atoms with van der Waals surface area (Å²) in [5.41, 5.74) is 10.4. The van der Waals surface area contributed by atoms with E-state index in [4.69, 9.17) is 19.9 Å². The summed E-state index contributed by atoms with van der Waals surface area (Å²) in [6, 6.07) is 63.2. The number of hydrogen-bond acceptors (Lipinski definition) is 5. The SMILES string of the molecule is c1ccc(-c2ccc(-c3nc(-c4ccc(-c5ccccc5)cc4)nc(-c4ccc5nc(-c6ccccc6)c6c7ccccc7sc6c5c4)n3)cc2)cc1. The molecule has 0 N–H and O–H groups in total. The number of fused-ring (bicyclic) bond motifs is 5. The van der Waals surface area contributed by atoms with Gasteiger partial charge in [-0.2, -0.15) is 0 Å². The van der Waals surface area contributed by atoms with Crippen molar-refractivity contribution in [3.05, 3.63) is 182 Å². The Bertz CT molecular complexity index is 2800. The molecule has 0 atom stereocenters. The van der Waals surface area contributed by atoms with Crippen LogP contribution in [0.25, 0.3) is 98.7 Å². The van der Waals surface area contributed by atoms with E-state index in [0.29, 0.717) is 17.5 Å². The first-order valence-corrected chi connectivity index (χ1v) is 18.5. The molecule has 0 radical (unpaired) electrons. The van der Waals surface area contributed by atoms with Gasteiger partial charge >= 0.3 is 0 Å². The zero-order valence-corrected chi connectivity index (χ0v) is 29.3. The lowest BCUT2D eigenvalue weighted by Crippen LogP contribution is -2.00. The molecule has 0 amide bonds. The molecule has 0 fully saturated rings. The van der Waals surface area contributed by atoms with Crippen LogP contribution >= 0.6 is 11.3 Å². The van der Waals surface area contributed by atoms with Gasteiger partial charge in [0.15, 0.2) is 17.5 Å². The molecular weight excluding hydrogens is 665 g/mol. The molecule has 0 aliphatic carbocycles. The summed E-state index contributed by atoms with van der Waals surface area (Å²) < 4.78 is 2.45. The van der Waals surface area contributed by atoms with E-state index >= 15 is 0 Å². The molecule has 0 aliphatic heterocycles. The van der Waals surface area contributed by atoms with Crippen molar-refractivity contribution >= 4 is 42.4 Å². The Hall–Kier alpha value is -6.82. The molecule has 53 heavy (non-hydrogen) atoms. The topological polar surface area (TPSA) is 51.6 Å². The van der Waals surface area contributed by atoms with Crippen molar-refractivity contribution in [3.63, 3.8) is 0 Å². The molecular formula is C48H30N4S. The van der Waals surface area contributed by atoms with Crippen LogP contribution in [-0.2, 0) is 0 Å². The summed E-state index contributed by atoms with van der Waals surface area (Å²) in [6.45, 7) is 0. The van der Waals surface area contributed by atoms with E-state index in [1.54, 1.807) is 0 Å². The van der Waals surface area contributed by atoms with E-state index in [2.05, 4.69) is 164 Å². The lowest BCUT2D eigenvalue weighted by molar-refractivity contribution is 1.07. The van der Waals surface area contributed by atoms with Crippen LogP contribution in [0.4, 0.5) is 0 Å². The number of nitrogens with zero attached hydrogens (tertiary/aromatic N) is 4. The zero-order chi connectivity index (χ0) is 35.1. The average molecular weight is 695 g/mol. The van der Waals surface area contributed by atoms with Crippen molar-refractivity contribution in [1.29, 1.82) is 0 Å². The fourth-order valence-electron chi connectivity index (χ4n) is 7.05. The maximum atomic E-state index is 5.28. The highest BCUT2D eigenvalue weighted by Gasteiger charge is 2.18. The summed E-state index contributed by atoms with van der Waals surface area (Å²) in [5.74, 6) is 1.87. The van der Waals surface area contributed by atoms with Crippen molar-refractivity contribution in [1.82, 2.24) is 19.9 Å². The van der Waals surface area contributed by atoms with Crippen molar-refractivity contribution in [2.45, 2.75) is 0 Å². The highest BCUT2D eigenvalue weighted by atomic mass is 32.1. The van der Waals surface area contributed by atoms with Crippen molar-refractivity contribution in [2.75, 3.05) is 0 Å². The van der Waals surface area contributed by atoms with Crippen LogP contribution in [0.5, 0.6) is 0 Å². The standard InChI is InChI=1S/C48H30N4S/c1-4-12-31(13-5-1)33-20-24-36(25-21-33)46-50-47(37-26-22-34(23-27-37)32-14-6-2-7-15-32)52-48(51-46)38-28-29-41-40(30-38)45-43(39-18-10-11-19-42(39)53-45)44(49-41)35-16-8-3-9-17-35/h1-30H. The molecule has 0 aliphatic rings.